The predicted molar refractivity (Wildman–Crippen MR) is 90.6 cm³/mol. The summed E-state index contributed by atoms with van der Waals surface area (Å²) in [6.07, 6.45) is 7.13. The molecule has 1 aromatic rings. The lowest BCUT2D eigenvalue weighted by Crippen LogP contribution is -2.43. The lowest BCUT2D eigenvalue weighted by Gasteiger charge is -2.23. The molecule has 128 valence electrons. The molecule has 23 heavy (non-hydrogen) atoms. The SMILES string of the molecule is C[C@H](NC(=O)NC[C@@]1(C)CCCS1)c1nc(C2CCCC2)no1. The molecule has 1 saturated heterocycles. The van der Waals surface area contributed by atoms with Crippen LogP contribution in [-0.4, -0.2) is 33.2 Å². The average molecular weight is 338 g/mol. The molecule has 2 amide bonds. The number of aromatic nitrogens is 2. The molecule has 1 aromatic heterocycles. The maximum Gasteiger partial charge on any atom is 0.315 e. The van der Waals surface area contributed by atoms with E-state index >= 15 is 0 Å². The molecule has 0 bridgehead atoms. The van der Waals surface area contributed by atoms with Crippen LogP contribution in [0.3, 0.4) is 0 Å². The lowest BCUT2D eigenvalue weighted by atomic mass is 10.1. The molecule has 2 fully saturated rings. The van der Waals surface area contributed by atoms with Crippen molar-refractivity contribution in [1.82, 2.24) is 20.8 Å². The largest absolute Gasteiger partial charge is 0.337 e. The number of hydrogen-bond acceptors (Lipinski definition) is 5. The van der Waals surface area contributed by atoms with Crippen molar-refractivity contribution >= 4 is 17.8 Å². The number of hydrogen-bond donors (Lipinski definition) is 2. The minimum Gasteiger partial charge on any atom is -0.337 e. The summed E-state index contributed by atoms with van der Waals surface area (Å²) in [5, 5.41) is 9.94. The third kappa shape index (κ3) is 4.19. The number of nitrogens with zero attached hydrogens (tertiary/aromatic N) is 2. The number of rotatable bonds is 5. The van der Waals surface area contributed by atoms with E-state index in [1.807, 2.05) is 18.7 Å². The van der Waals surface area contributed by atoms with E-state index in [9.17, 15) is 4.79 Å². The second-order valence-electron chi connectivity index (χ2n) is 6.92. The van der Waals surface area contributed by atoms with E-state index in [4.69, 9.17) is 4.52 Å². The van der Waals surface area contributed by atoms with Gasteiger partial charge in [0.05, 0.1) is 0 Å². The molecule has 0 aromatic carbocycles. The van der Waals surface area contributed by atoms with Gasteiger partial charge in [0.1, 0.15) is 6.04 Å². The first-order chi connectivity index (χ1) is 11.1. The number of amides is 2. The molecule has 0 spiro atoms. The van der Waals surface area contributed by atoms with E-state index in [1.165, 1.54) is 25.0 Å². The van der Waals surface area contributed by atoms with E-state index in [1.54, 1.807) is 0 Å². The van der Waals surface area contributed by atoms with Crippen molar-refractivity contribution in [2.45, 2.75) is 69.1 Å². The Balaban J connectivity index is 1.48. The van der Waals surface area contributed by atoms with Crippen LogP contribution in [0.25, 0.3) is 0 Å². The number of nitrogens with one attached hydrogen (secondary N) is 2. The van der Waals surface area contributed by atoms with Crippen LogP contribution in [0.5, 0.6) is 0 Å². The second kappa shape index (κ2) is 7.11. The third-order valence-corrected chi connectivity index (χ3v) is 6.36. The Kier molecular flexibility index (Phi) is 5.14. The fourth-order valence-corrected chi connectivity index (χ4v) is 4.57. The van der Waals surface area contributed by atoms with Crippen molar-refractivity contribution in [1.29, 1.82) is 0 Å². The van der Waals surface area contributed by atoms with Crippen molar-refractivity contribution in [2.75, 3.05) is 12.3 Å². The van der Waals surface area contributed by atoms with Gasteiger partial charge in [-0.25, -0.2) is 4.79 Å². The first-order valence-corrected chi connectivity index (χ1v) is 9.56. The molecule has 0 radical (unpaired) electrons. The van der Waals surface area contributed by atoms with Crippen LogP contribution in [0.15, 0.2) is 4.52 Å². The predicted octanol–water partition coefficient (Wildman–Crippen LogP) is 3.37. The molecule has 2 N–H and O–H groups in total. The summed E-state index contributed by atoms with van der Waals surface area (Å²) in [6, 6.07) is -0.450. The Hall–Kier alpha value is -1.24. The van der Waals surface area contributed by atoms with Gasteiger partial charge < -0.3 is 15.2 Å². The lowest BCUT2D eigenvalue weighted by molar-refractivity contribution is 0.233. The molecule has 2 atom stereocenters. The maximum absolute atomic E-state index is 12.1. The molecular formula is C16H26N4O2S. The molecule has 7 heteroatoms. The molecule has 2 aliphatic rings. The van der Waals surface area contributed by atoms with E-state index in [2.05, 4.69) is 27.7 Å². The highest BCUT2D eigenvalue weighted by atomic mass is 32.2. The first kappa shape index (κ1) is 16.6. The summed E-state index contributed by atoms with van der Waals surface area (Å²) < 4.78 is 5.50. The van der Waals surface area contributed by atoms with E-state index in [-0.39, 0.29) is 16.8 Å². The Morgan fingerprint density at radius 2 is 2.22 bits per heavy atom. The summed E-state index contributed by atoms with van der Waals surface area (Å²) in [7, 11) is 0. The molecule has 1 aliphatic heterocycles. The summed E-state index contributed by atoms with van der Waals surface area (Å²) in [4.78, 5) is 16.5. The minimum absolute atomic E-state index is 0.167. The number of thioether (sulfide) groups is 1. The van der Waals surface area contributed by atoms with Gasteiger partial charge in [0.2, 0.25) is 5.89 Å². The summed E-state index contributed by atoms with van der Waals surface area (Å²) in [5.74, 6) is 2.89. The maximum atomic E-state index is 12.1. The van der Waals surface area contributed by atoms with Gasteiger partial charge in [-0.3, -0.25) is 0 Å². The van der Waals surface area contributed by atoms with Gasteiger partial charge in [0, 0.05) is 17.2 Å². The Morgan fingerprint density at radius 1 is 1.43 bits per heavy atom. The molecule has 6 nitrogen and oxygen atoms in total. The monoisotopic (exact) mass is 338 g/mol. The van der Waals surface area contributed by atoms with Crippen molar-refractivity contribution in [2.24, 2.45) is 0 Å². The number of carbonyl (C=O) groups is 1. The summed E-state index contributed by atoms with van der Waals surface area (Å²) >= 11 is 1.94. The van der Waals surface area contributed by atoms with Crippen molar-refractivity contribution in [3.05, 3.63) is 11.7 Å². The van der Waals surface area contributed by atoms with Gasteiger partial charge in [-0.05, 0) is 45.3 Å². The van der Waals surface area contributed by atoms with Crippen molar-refractivity contribution < 1.29 is 9.32 Å². The van der Waals surface area contributed by atoms with Gasteiger partial charge >= 0.3 is 6.03 Å². The van der Waals surface area contributed by atoms with Crippen LogP contribution in [-0.2, 0) is 0 Å². The van der Waals surface area contributed by atoms with Crippen LogP contribution in [0.1, 0.15) is 76.0 Å². The molecule has 1 saturated carbocycles. The number of urea groups is 1. The third-order valence-electron chi connectivity index (χ3n) is 4.82. The Bertz CT molecular complexity index is 536. The van der Waals surface area contributed by atoms with Gasteiger partial charge in [-0.2, -0.15) is 16.7 Å². The van der Waals surface area contributed by atoms with Gasteiger partial charge in [-0.15, -0.1) is 0 Å². The van der Waals surface area contributed by atoms with Gasteiger partial charge in [0.15, 0.2) is 5.82 Å². The zero-order chi connectivity index (χ0) is 16.3. The topological polar surface area (TPSA) is 80.0 Å². The second-order valence-corrected chi connectivity index (χ2v) is 8.61. The molecule has 2 heterocycles. The van der Waals surface area contributed by atoms with Crippen LogP contribution in [0.4, 0.5) is 4.79 Å². The zero-order valence-electron chi connectivity index (χ0n) is 13.9. The van der Waals surface area contributed by atoms with Crippen molar-refractivity contribution in [3.8, 4) is 0 Å². The standard InChI is InChI=1S/C16H26N4O2S/c1-11(14-19-13(20-22-14)12-6-3-4-7-12)18-15(21)17-10-16(2)8-5-9-23-16/h11-12H,3-10H2,1-2H3,(H2,17,18,21)/t11-,16+/m0/s1. The molecule has 1 aliphatic carbocycles. The quantitative estimate of drug-likeness (QED) is 0.860. The fraction of sp³-hybridized carbons (Fsp3) is 0.812. The molecule has 3 rings (SSSR count). The van der Waals surface area contributed by atoms with Gasteiger partial charge in [0.25, 0.3) is 0 Å². The van der Waals surface area contributed by atoms with E-state index in [0.717, 1.165) is 25.1 Å². The van der Waals surface area contributed by atoms with Gasteiger partial charge in [-0.1, -0.05) is 18.0 Å². The highest BCUT2D eigenvalue weighted by molar-refractivity contribution is 8.00. The first-order valence-electron chi connectivity index (χ1n) is 8.57. The van der Waals surface area contributed by atoms with Crippen LogP contribution in [0.2, 0.25) is 0 Å². The summed E-state index contributed by atoms with van der Waals surface area (Å²) in [6.45, 7) is 4.77. The normalized spacial score (nSPS) is 26.3. The minimum atomic E-state index is -0.276. The Labute approximate surface area is 141 Å². The van der Waals surface area contributed by atoms with Crippen LogP contribution in [0, 0.1) is 0 Å². The van der Waals surface area contributed by atoms with E-state index < -0.39 is 0 Å². The summed E-state index contributed by atoms with van der Waals surface area (Å²) in [5.41, 5.74) is 0. The smallest absolute Gasteiger partial charge is 0.315 e. The van der Waals surface area contributed by atoms with Crippen LogP contribution >= 0.6 is 11.8 Å². The number of carbonyl (C=O) groups excluding carboxylic acids is 1. The van der Waals surface area contributed by atoms with Crippen LogP contribution < -0.4 is 10.6 Å². The molecular weight excluding hydrogens is 312 g/mol. The zero-order valence-corrected chi connectivity index (χ0v) is 14.7. The fourth-order valence-electron chi connectivity index (χ4n) is 3.33. The van der Waals surface area contributed by atoms with Crippen molar-refractivity contribution in [3.63, 3.8) is 0 Å². The molecule has 0 unspecified atom stereocenters. The average Bonchev–Trinajstić information content (AvgIpc) is 3.26. The Morgan fingerprint density at radius 3 is 2.91 bits per heavy atom. The van der Waals surface area contributed by atoms with E-state index in [0.29, 0.717) is 18.4 Å². The highest BCUT2D eigenvalue weighted by Crippen LogP contribution is 2.37. The highest BCUT2D eigenvalue weighted by Gasteiger charge is 2.30.